The molecule has 0 fully saturated rings. The van der Waals surface area contributed by atoms with Crippen LogP contribution < -0.4 is 4.74 Å². The summed E-state index contributed by atoms with van der Waals surface area (Å²) < 4.78 is 7.06. The summed E-state index contributed by atoms with van der Waals surface area (Å²) in [7, 11) is 1.61. The fourth-order valence-electron chi connectivity index (χ4n) is 1.56. The minimum Gasteiger partial charge on any atom is -0.495 e. The number of alkyl halides is 1. The maximum absolute atomic E-state index is 6.04. The Morgan fingerprint density at radius 2 is 2.00 bits per heavy atom. The third kappa shape index (κ3) is 2.41. The number of fused-ring (bicyclic) bond motifs is 1. The summed E-state index contributed by atoms with van der Waals surface area (Å²) in [4.78, 5) is 4.33. The lowest BCUT2D eigenvalue weighted by Gasteiger charge is -2.11. The molecule has 0 aliphatic rings. The molecule has 0 saturated heterocycles. The molecule has 90 valence electrons. The van der Waals surface area contributed by atoms with Crippen molar-refractivity contribution in [3.8, 4) is 5.75 Å². The van der Waals surface area contributed by atoms with E-state index in [4.69, 9.17) is 27.9 Å². The smallest absolute Gasteiger partial charge is 0.142 e. The number of pyridine rings is 1. The minimum atomic E-state index is 0.315. The number of methoxy groups -OCH3 is 1. The second kappa shape index (κ2) is 5.31. The van der Waals surface area contributed by atoms with Gasteiger partial charge in [-0.15, -0.1) is 11.6 Å². The molecule has 0 aliphatic heterocycles. The van der Waals surface area contributed by atoms with E-state index in [0.717, 1.165) is 31.2 Å². The summed E-state index contributed by atoms with van der Waals surface area (Å²) >= 11 is 18.8. The van der Waals surface area contributed by atoms with E-state index in [1.165, 1.54) is 0 Å². The van der Waals surface area contributed by atoms with E-state index in [-0.39, 0.29) is 0 Å². The highest BCUT2D eigenvalue weighted by Gasteiger charge is 2.14. The van der Waals surface area contributed by atoms with Crippen LogP contribution in [0.2, 0.25) is 5.15 Å². The van der Waals surface area contributed by atoms with Crippen LogP contribution in [0.15, 0.2) is 21.1 Å². The van der Waals surface area contributed by atoms with Crippen LogP contribution in [0.5, 0.6) is 5.75 Å². The fraction of sp³-hybridized carbons (Fsp3) is 0.182. The zero-order valence-electron chi connectivity index (χ0n) is 8.73. The largest absolute Gasteiger partial charge is 0.495 e. The molecule has 2 rings (SSSR count). The Morgan fingerprint density at radius 1 is 1.29 bits per heavy atom. The van der Waals surface area contributed by atoms with Crippen LogP contribution in [0.1, 0.15) is 5.56 Å². The Labute approximate surface area is 126 Å². The summed E-state index contributed by atoms with van der Waals surface area (Å²) in [5.41, 5.74) is 1.54. The van der Waals surface area contributed by atoms with Crippen molar-refractivity contribution in [2.75, 3.05) is 7.11 Å². The van der Waals surface area contributed by atoms with Crippen molar-refractivity contribution in [2.45, 2.75) is 5.88 Å². The number of hydrogen-bond donors (Lipinski definition) is 0. The van der Waals surface area contributed by atoms with E-state index in [1.807, 2.05) is 12.1 Å². The van der Waals surface area contributed by atoms with Crippen molar-refractivity contribution < 1.29 is 4.74 Å². The standard InChI is InChI=1S/C11H7Br2Cl2NO/c1-17-10-6-2-5(4-14)11(15)16-9(6)7(12)3-8(10)13/h2-3H,4H2,1H3. The number of rotatable bonds is 2. The van der Waals surface area contributed by atoms with Crippen molar-refractivity contribution >= 4 is 66.0 Å². The van der Waals surface area contributed by atoms with E-state index in [0.29, 0.717) is 11.0 Å². The highest BCUT2D eigenvalue weighted by molar-refractivity contribution is 9.11. The molecule has 0 saturated carbocycles. The number of ether oxygens (including phenoxy) is 1. The van der Waals surface area contributed by atoms with E-state index >= 15 is 0 Å². The first-order chi connectivity index (χ1) is 8.08. The first kappa shape index (κ1) is 13.4. The molecule has 1 aromatic carbocycles. The average molecular weight is 400 g/mol. The molecule has 0 atom stereocenters. The van der Waals surface area contributed by atoms with Crippen LogP contribution in [0.25, 0.3) is 10.9 Å². The summed E-state index contributed by atoms with van der Waals surface area (Å²) in [6.07, 6.45) is 0. The lowest BCUT2D eigenvalue weighted by Crippen LogP contribution is -1.93. The molecule has 0 bridgehead atoms. The second-order valence-corrected chi connectivity index (χ2v) is 5.68. The second-order valence-electron chi connectivity index (χ2n) is 3.34. The minimum absolute atomic E-state index is 0.315. The number of halogens is 4. The highest BCUT2D eigenvalue weighted by Crippen LogP contribution is 2.39. The Bertz CT molecular complexity index is 589. The molecular formula is C11H7Br2Cl2NO. The van der Waals surface area contributed by atoms with Crippen molar-refractivity contribution in [1.82, 2.24) is 4.98 Å². The van der Waals surface area contributed by atoms with Gasteiger partial charge in [0.15, 0.2) is 0 Å². The summed E-state index contributed by atoms with van der Waals surface area (Å²) in [5.74, 6) is 1.04. The van der Waals surface area contributed by atoms with Gasteiger partial charge in [0, 0.05) is 15.4 Å². The monoisotopic (exact) mass is 397 g/mol. The maximum Gasteiger partial charge on any atom is 0.142 e. The predicted octanol–water partition coefficient (Wildman–Crippen LogP) is 5.16. The van der Waals surface area contributed by atoms with Gasteiger partial charge in [0.1, 0.15) is 10.9 Å². The van der Waals surface area contributed by atoms with Gasteiger partial charge in [-0.2, -0.15) is 0 Å². The first-order valence-electron chi connectivity index (χ1n) is 4.65. The van der Waals surface area contributed by atoms with Gasteiger partial charge >= 0.3 is 0 Å². The molecule has 1 heterocycles. The maximum atomic E-state index is 6.04. The van der Waals surface area contributed by atoms with Gasteiger partial charge in [-0.05, 0) is 44.0 Å². The Balaban J connectivity index is 2.89. The molecule has 6 heteroatoms. The number of benzene rings is 1. The molecule has 2 aromatic rings. The molecule has 0 N–H and O–H groups in total. The van der Waals surface area contributed by atoms with E-state index in [1.54, 1.807) is 7.11 Å². The molecular weight excluding hydrogens is 393 g/mol. The normalized spacial score (nSPS) is 10.9. The van der Waals surface area contributed by atoms with Crippen molar-refractivity contribution in [3.63, 3.8) is 0 Å². The van der Waals surface area contributed by atoms with Crippen LogP contribution >= 0.6 is 55.1 Å². The van der Waals surface area contributed by atoms with Crippen molar-refractivity contribution in [2.24, 2.45) is 0 Å². The third-order valence-corrected chi connectivity index (χ3v) is 4.15. The Morgan fingerprint density at radius 3 is 2.59 bits per heavy atom. The predicted molar refractivity (Wildman–Crippen MR) is 78.3 cm³/mol. The SMILES string of the molecule is COc1c(Br)cc(Br)c2nc(Cl)c(CCl)cc12. The Kier molecular flexibility index (Phi) is 4.18. The first-order valence-corrected chi connectivity index (χ1v) is 7.15. The van der Waals surface area contributed by atoms with E-state index < -0.39 is 0 Å². The van der Waals surface area contributed by atoms with Crippen LogP contribution in [-0.4, -0.2) is 12.1 Å². The van der Waals surface area contributed by atoms with Crippen LogP contribution in [-0.2, 0) is 5.88 Å². The molecule has 2 nitrogen and oxygen atoms in total. The number of aromatic nitrogens is 1. The highest BCUT2D eigenvalue weighted by atomic mass is 79.9. The van der Waals surface area contributed by atoms with Gasteiger partial charge in [0.05, 0.1) is 23.0 Å². The van der Waals surface area contributed by atoms with Crippen molar-refractivity contribution in [3.05, 3.63) is 31.8 Å². The molecule has 0 unspecified atom stereocenters. The number of hydrogen-bond acceptors (Lipinski definition) is 2. The molecule has 0 spiro atoms. The summed E-state index contributed by atoms with van der Waals surface area (Å²) in [6.45, 7) is 0. The van der Waals surface area contributed by atoms with Crippen LogP contribution in [0.3, 0.4) is 0 Å². The van der Waals surface area contributed by atoms with Gasteiger partial charge in [-0.1, -0.05) is 11.6 Å². The molecule has 1 aromatic heterocycles. The average Bonchev–Trinajstić information content (AvgIpc) is 2.30. The van der Waals surface area contributed by atoms with Gasteiger partial charge in [0.25, 0.3) is 0 Å². The number of nitrogens with zero attached hydrogens (tertiary/aromatic N) is 1. The van der Waals surface area contributed by atoms with Crippen LogP contribution in [0.4, 0.5) is 0 Å². The van der Waals surface area contributed by atoms with Crippen molar-refractivity contribution in [1.29, 1.82) is 0 Å². The molecule has 17 heavy (non-hydrogen) atoms. The quantitative estimate of drug-likeness (QED) is 0.514. The van der Waals surface area contributed by atoms with Gasteiger partial charge in [0.2, 0.25) is 0 Å². The zero-order valence-corrected chi connectivity index (χ0v) is 13.4. The van der Waals surface area contributed by atoms with Crippen LogP contribution in [0, 0.1) is 0 Å². The Hall–Kier alpha value is -0.0300. The van der Waals surface area contributed by atoms with E-state index in [2.05, 4.69) is 36.8 Å². The van der Waals surface area contributed by atoms with Gasteiger partial charge in [-0.25, -0.2) is 4.98 Å². The summed E-state index contributed by atoms with van der Waals surface area (Å²) in [5, 5.41) is 1.28. The van der Waals surface area contributed by atoms with E-state index in [9.17, 15) is 0 Å². The third-order valence-electron chi connectivity index (χ3n) is 2.34. The van der Waals surface area contributed by atoms with Gasteiger partial charge < -0.3 is 4.74 Å². The molecule has 0 amide bonds. The van der Waals surface area contributed by atoms with Gasteiger partial charge in [-0.3, -0.25) is 0 Å². The molecule has 0 radical (unpaired) electrons. The fourth-order valence-corrected chi connectivity index (χ4v) is 3.48. The summed E-state index contributed by atoms with van der Waals surface area (Å²) in [6, 6.07) is 3.77. The lowest BCUT2D eigenvalue weighted by molar-refractivity contribution is 0.417. The molecule has 0 aliphatic carbocycles. The lowest BCUT2D eigenvalue weighted by atomic mass is 10.1. The topological polar surface area (TPSA) is 22.1 Å². The zero-order chi connectivity index (χ0) is 12.6.